The van der Waals surface area contributed by atoms with E-state index in [4.69, 9.17) is 4.74 Å². The molecule has 1 aliphatic heterocycles. The second-order valence-corrected chi connectivity index (χ2v) is 10.3. The molecule has 1 N–H and O–H groups in total. The molecule has 0 atom stereocenters. The van der Waals surface area contributed by atoms with Crippen molar-refractivity contribution >= 4 is 27.5 Å². The molecule has 0 aliphatic carbocycles. The summed E-state index contributed by atoms with van der Waals surface area (Å²) in [6.45, 7) is -0.569. The second kappa shape index (κ2) is 9.83. The van der Waals surface area contributed by atoms with Gasteiger partial charge in [0.05, 0.1) is 21.4 Å². The Balaban J connectivity index is 1.32. The minimum absolute atomic E-state index is 0.0124. The lowest BCUT2D eigenvalue weighted by atomic mass is 9.99. The molecule has 0 fully saturated rings. The number of amides is 1. The van der Waals surface area contributed by atoms with Crippen molar-refractivity contribution < 1.29 is 27.5 Å². The first-order valence-corrected chi connectivity index (χ1v) is 12.9. The van der Waals surface area contributed by atoms with E-state index in [1.807, 2.05) is 60.7 Å². The maximum absolute atomic E-state index is 13.1. The van der Waals surface area contributed by atoms with Crippen molar-refractivity contribution in [3.8, 4) is 0 Å². The number of rotatable bonds is 6. The molecule has 7 nitrogen and oxygen atoms in total. The van der Waals surface area contributed by atoms with E-state index in [9.17, 15) is 22.8 Å². The molecule has 1 heterocycles. The predicted molar refractivity (Wildman–Crippen MR) is 135 cm³/mol. The standard InChI is InChI=1S/C29H21NO6S/c31-26(30-27(19-9-3-1-4-10-19)20-11-5-2-6-12-20)18-36-29(33)21-15-16-23-25(17-21)37(34,35)24-14-8-7-13-22(24)28(23)32/h1-17,27H,18H2,(H,30,31). The highest BCUT2D eigenvalue weighted by Crippen LogP contribution is 2.34. The summed E-state index contributed by atoms with van der Waals surface area (Å²) in [4.78, 5) is 37.9. The molecule has 0 bridgehead atoms. The molecule has 0 radical (unpaired) electrons. The van der Waals surface area contributed by atoms with Crippen LogP contribution >= 0.6 is 0 Å². The van der Waals surface area contributed by atoms with Crippen LogP contribution in [0.5, 0.6) is 0 Å². The molecular weight excluding hydrogens is 490 g/mol. The van der Waals surface area contributed by atoms with E-state index < -0.39 is 40.1 Å². The number of hydrogen-bond donors (Lipinski definition) is 1. The summed E-state index contributed by atoms with van der Waals surface area (Å²) in [6.07, 6.45) is 0. The van der Waals surface area contributed by atoms with Crippen molar-refractivity contribution in [2.75, 3.05) is 6.61 Å². The van der Waals surface area contributed by atoms with Crippen LogP contribution in [0.25, 0.3) is 0 Å². The summed E-state index contributed by atoms with van der Waals surface area (Å²) < 4.78 is 31.4. The molecule has 8 heteroatoms. The molecule has 1 aliphatic rings. The first-order valence-electron chi connectivity index (χ1n) is 11.5. The number of ketones is 1. The number of ether oxygens (including phenoxy) is 1. The average Bonchev–Trinajstić information content (AvgIpc) is 2.94. The van der Waals surface area contributed by atoms with Gasteiger partial charge in [-0.3, -0.25) is 9.59 Å². The number of fused-ring (bicyclic) bond motifs is 2. The Kier molecular flexibility index (Phi) is 6.42. The lowest BCUT2D eigenvalue weighted by Gasteiger charge is -2.20. The molecule has 37 heavy (non-hydrogen) atoms. The summed E-state index contributed by atoms with van der Waals surface area (Å²) in [5, 5.41) is 2.88. The first-order chi connectivity index (χ1) is 17.9. The van der Waals surface area contributed by atoms with Crippen LogP contribution in [0.3, 0.4) is 0 Å². The monoisotopic (exact) mass is 511 g/mol. The number of esters is 1. The van der Waals surface area contributed by atoms with Crippen molar-refractivity contribution in [3.05, 3.63) is 131 Å². The molecular formula is C29H21NO6S. The highest BCUT2D eigenvalue weighted by Gasteiger charge is 2.35. The van der Waals surface area contributed by atoms with Crippen LogP contribution in [-0.2, 0) is 19.4 Å². The number of nitrogens with one attached hydrogen (secondary N) is 1. The molecule has 4 aromatic carbocycles. The Morgan fingerprint density at radius 2 is 1.30 bits per heavy atom. The minimum Gasteiger partial charge on any atom is -0.452 e. The SMILES string of the molecule is O=C(COC(=O)c1ccc2c(c1)S(=O)(=O)c1ccccc1C2=O)NC(c1ccccc1)c1ccccc1. The minimum atomic E-state index is -4.01. The van der Waals surface area contributed by atoms with Gasteiger partial charge in [-0.1, -0.05) is 72.8 Å². The third-order valence-electron chi connectivity index (χ3n) is 6.08. The lowest BCUT2D eigenvalue weighted by Crippen LogP contribution is -2.33. The maximum atomic E-state index is 13.1. The fourth-order valence-corrected chi connectivity index (χ4v) is 5.96. The predicted octanol–water partition coefficient (Wildman–Crippen LogP) is 4.13. The van der Waals surface area contributed by atoms with Gasteiger partial charge in [0.25, 0.3) is 5.91 Å². The number of carbonyl (C=O) groups excluding carboxylic acids is 3. The number of carbonyl (C=O) groups is 3. The Morgan fingerprint density at radius 1 is 0.730 bits per heavy atom. The van der Waals surface area contributed by atoms with E-state index in [0.29, 0.717) is 0 Å². The van der Waals surface area contributed by atoms with E-state index in [0.717, 1.165) is 17.2 Å². The number of benzene rings is 4. The maximum Gasteiger partial charge on any atom is 0.338 e. The zero-order valence-corrected chi connectivity index (χ0v) is 20.3. The van der Waals surface area contributed by atoms with Gasteiger partial charge in [-0.25, -0.2) is 13.2 Å². The number of hydrogen-bond acceptors (Lipinski definition) is 6. The first kappa shape index (κ1) is 24.1. The molecule has 184 valence electrons. The second-order valence-electron chi connectivity index (χ2n) is 8.44. The van der Waals surface area contributed by atoms with E-state index in [-0.39, 0.29) is 26.5 Å². The van der Waals surface area contributed by atoms with Crippen LogP contribution in [0.1, 0.15) is 43.4 Å². The Bertz CT molecular complexity index is 1580. The largest absolute Gasteiger partial charge is 0.452 e. The molecule has 0 aromatic heterocycles. The van der Waals surface area contributed by atoms with Gasteiger partial charge in [0.1, 0.15) is 0 Å². The summed E-state index contributed by atoms with van der Waals surface area (Å²) in [5.41, 5.74) is 1.72. The smallest absolute Gasteiger partial charge is 0.338 e. The Morgan fingerprint density at radius 3 is 1.95 bits per heavy atom. The molecule has 4 aromatic rings. The van der Waals surface area contributed by atoms with Crippen molar-refractivity contribution in [1.82, 2.24) is 5.32 Å². The Hall–Kier alpha value is -4.56. The van der Waals surface area contributed by atoms with Crippen molar-refractivity contribution in [2.24, 2.45) is 0 Å². The highest BCUT2D eigenvalue weighted by molar-refractivity contribution is 7.91. The van der Waals surface area contributed by atoms with E-state index in [2.05, 4.69) is 5.32 Å². The zero-order valence-electron chi connectivity index (χ0n) is 19.5. The summed E-state index contributed by atoms with van der Waals surface area (Å²) in [7, 11) is -4.01. The molecule has 0 saturated heterocycles. The van der Waals surface area contributed by atoms with Crippen molar-refractivity contribution in [3.63, 3.8) is 0 Å². The van der Waals surface area contributed by atoms with Gasteiger partial charge >= 0.3 is 5.97 Å². The molecule has 5 rings (SSSR count). The van der Waals surface area contributed by atoms with E-state index in [1.165, 1.54) is 30.3 Å². The molecule has 1 amide bonds. The van der Waals surface area contributed by atoms with Crippen LogP contribution in [0.4, 0.5) is 0 Å². The summed E-state index contributed by atoms with van der Waals surface area (Å²) in [5.74, 6) is -1.84. The van der Waals surface area contributed by atoms with Crippen LogP contribution < -0.4 is 5.32 Å². The van der Waals surface area contributed by atoms with Gasteiger partial charge < -0.3 is 10.1 Å². The van der Waals surface area contributed by atoms with Gasteiger partial charge in [-0.05, 0) is 41.5 Å². The van der Waals surface area contributed by atoms with Gasteiger partial charge in [0.2, 0.25) is 9.84 Å². The van der Waals surface area contributed by atoms with Crippen molar-refractivity contribution in [1.29, 1.82) is 0 Å². The van der Waals surface area contributed by atoms with Gasteiger partial charge in [0.15, 0.2) is 12.4 Å². The van der Waals surface area contributed by atoms with Crippen LogP contribution in [0.15, 0.2) is 113 Å². The fraction of sp³-hybridized carbons (Fsp3) is 0.0690. The fourth-order valence-electron chi connectivity index (χ4n) is 4.28. The molecule has 0 saturated carbocycles. The Labute approximate surface area is 213 Å². The zero-order chi connectivity index (χ0) is 26.0. The third kappa shape index (κ3) is 4.66. The topological polar surface area (TPSA) is 107 Å². The summed E-state index contributed by atoms with van der Waals surface area (Å²) >= 11 is 0. The van der Waals surface area contributed by atoms with Gasteiger partial charge in [0, 0.05) is 11.1 Å². The van der Waals surface area contributed by atoms with Crippen molar-refractivity contribution in [2.45, 2.75) is 15.8 Å². The third-order valence-corrected chi connectivity index (χ3v) is 7.93. The van der Waals surface area contributed by atoms with Gasteiger partial charge in [-0.2, -0.15) is 0 Å². The number of sulfone groups is 1. The van der Waals surface area contributed by atoms with Gasteiger partial charge in [-0.15, -0.1) is 0 Å². The van der Waals surface area contributed by atoms with E-state index in [1.54, 1.807) is 6.07 Å². The molecule has 0 spiro atoms. The molecule has 0 unspecified atom stereocenters. The van der Waals surface area contributed by atoms with Crippen LogP contribution in [0, 0.1) is 0 Å². The normalized spacial score (nSPS) is 13.4. The lowest BCUT2D eigenvalue weighted by molar-refractivity contribution is -0.124. The quantitative estimate of drug-likeness (QED) is 0.344. The van der Waals surface area contributed by atoms with Crippen LogP contribution in [0.2, 0.25) is 0 Å². The van der Waals surface area contributed by atoms with Crippen LogP contribution in [-0.4, -0.2) is 32.7 Å². The highest BCUT2D eigenvalue weighted by atomic mass is 32.2. The summed E-state index contributed by atoms with van der Waals surface area (Å²) in [6, 6.07) is 28.0. The average molecular weight is 512 g/mol. The van der Waals surface area contributed by atoms with E-state index >= 15 is 0 Å².